The molecule has 3 rings (SSSR count). The summed E-state index contributed by atoms with van der Waals surface area (Å²) >= 11 is 0. The van der Waals surface area contributed by atoms with Crippen molar-refractivity contribution in [2.45, 2.75) is 32.2 Å². The summed E-state index contributed by atoms with van der Waals surface area (Å²) in [5.41, 5.74) is 0.960. The third-order valence-corrected chi connectivity index (χ3v) is 4.30. The van der Waals surface area contributed by atoms with E-state index in [0.717, 1.165) is 30.8 Å². The van der Waals surface area contributed by atoms with Crippen molar-refractivity contribution < 1.29 is 14.1 Å². The van der Waals surface area contributed by atoms with Crippen LogP contribution in [0.4, 0.5) is 0 Å². The zero-order valence-corrected chi connectivity index (χ0v) is 12.6. The lowest BCUT2D eigenvalue weighted by Gasteiger charge is -2.36. The van der Waals surface area contributed by atoms with Crippen LogP contribution in [-0.4, -0.2) is 60.3 Å². The van der Waals surface area contributed by atoms with Crippen LogP contribution in [0.2, 0.25) is 0 Å². The van der Waals surface area contributed by atoms with Gasteiger partial charge in [0, 0.05) is 19.2 Å². The number of carbonyl (C=O) groups is 1. The summed E-state index contributed by atoms with van der Waals surface area (Å²) < 4.78 is 10.5. The van der Waals surface area contributed by atoms with Gasteiger partial charge in [0.2, 0.25) is 5.91 Å². The highest BCUT2D eigenvalue weighted by molar-refractivity contribution is 5.78. The molecule has 1 amide bonds. The number of morpholine rings is 1. The van der Waals surface area contributed by atoms with Gasteiger partial charge in [-0.2, -0.15) is 0 Å². The maximum absolute atomic E-state index is 12.4. The Morgan fingerprint density at radius 2 is 2.14 bits per heavy atom. The van der Waals surface area contributed by atoms with E-state index in [0.29, 0.717) is 32.8 Å². The van der Waals surface area contributed by atoms with Crippen LogP contribution in [-0.2, 0) is 9.53 Å². The number of ether oxygens (including phenoxy) is 1. The standard InChI is InChI=1S/C15H23N3O3/c1-12-10-13(16-21-12)14-4-2-3-5-18(14)11-15(19)17-6-8-20-9-7-17/h10,14H,2-9,11H2,1H3/t14-/m1/s1. The fraction of sp³-hybridized carbons (Fsp3) is 0.733. The molecule has 0 radical (unpaired) electrons. The molecule has 0 bridgehead atoms. The number of aryl methyl sites for hydroxylation is 1. The molecule has 1 atom stereocenters. The molecule has 21 heavy (non-hydrogen) atoms. The average molecular weight is 293 g/mol. The Kier molecular flexibility index (Phi) is 4.55. The summed E-state index contributed by atoms with van der Waals surface area (Å²) in [7, 11) is 0. The minimum atomic E-state index is 0.199. The summed E-state index contributed by atoms with van der Waals surface area (Å²) in [6, 6.07) is 2.20. The molecule has 2 saturated heterocycles. The summed E-state index contributed by atoms with van der Waals surface area (Å²) in [4.78, 5) is 16.6. The summed E-state index contributed by atoms with van der Waals surface area (Å²) in [5, 5.41) is 4.15. The molecule has 0 aromatic carbocycles. The molecule has 2 fully saturated rings. The normalized spacial score (nSPS) is 24.2. The van der Waals surface area contributed by atoms with Gasteiger partial charge in [-0.3, -0.25) is 9.69 Å². The molecule has 0 spiro atoms. The lowest BCUT2D eigenvalue weighted by Crippen LogP contribution is -2.47. The third-order valence-electron chi connectivity index (χ3n) is 4.30. The highest BCUT2D eigenvalue weighted by Gasteiger charge is 2.29. The summed E-state index contributed by atoms with van der Waals surface area (Å²) in [6.07, 6.45) is 3.37. The van der Waals surface area contributed by atoms with E-state index in [1.54, 1.807) is 0 Å². The van der Waals surface area contributed by atoms with Crippen molar-refractivity contribution in [3.8, 4) is 0 Å². The SMILES string of the molecule is Cc1cc([C@H]2CCCCN2CC(=O)N2CCOCC2)no1. The Labute approximate surface area is 125 Å². The number of hydrogen-bond acceptors (Lipinski definition) is 5. The molecule has 0 aliphatic carbocycles. The number of rotatable bonds is 3. The van der Waals surface area contributed by atoms with Gasteiger partial charge in [0.05, 0.1) is 25.8 Å². The zero-order valence-electron chi connectivity index (χ0n) is 12.6. The van der Waals surface area contributed by atoms with Gasteiger partial charge in [-0.25, -0.2) is 0 Å². The van der Waals surface area contributed by atoms with Crippen molar-refractivity contribution in [3.05, 3.63) is 17.5 Å². The number of piperidine rings is 1. The molecule has 6 heteroatoms. The summed E-state index contributed by atoms with van der Waals surface area (Å²) in [5.74, 6) is 1.03. The predicted molar refractivity (Wildman–Crippen MR) is 76.8 cm³/mol. The zero-order chi connectivity index (χ0) is 14.7. The Bertz CT molecular complexity index is 482. The molecule has 2 aliphatic heterocycles. The Balaban J connectivity index is 1.65. The minimum Gasteiger partial charge on any atom is -0.378 e. The van der Waals surface area contributed by atoms with Crippen molar-refractivity contribution in [2.24, 2.45) is 0 Å². The van der Waals surface area contributed by atoms with Crippen molar-refractivity contribution in [1.82, 2.24) is 15.0 Å². The highest BCUT2D eigenvalue weighted by Crippen LogP contribution is 2.30. The minimum absolute atomic E-state index is 0.199. The monoisotopic (exact) mass is 293 g/mol. The highest BCUT2D eigenvalue weighted by atomic mass is 16.5. The van der Waals surface area contributed by atoms with Gasteiger partial charge in [0.25, 0.3) is 0 Å². The first-order valence-corrected chi connectivity index (χ1v) is 7.77. The van der Waals surface area contributed by atoms with E-state index >= 15 is 0 Å². The third kappa shape index (κ3) is 3.44. The largest absolute Gasteiger partial charge is 0.378 e. The van der Waals surface area contributed by atoms with Crippen LogP contribution in [0, 0.1) is 6.92 Å². The molecule has 0 N–H and O–H groups in total. The summed E-state index contributed by atoms with van der Waals surface area (Å²) in [6.45, 7) is 6.04. The maximum atomic E-state index is 12.4. The van der Waals surface area contributed by atoms with Gasteiger partial charge in [0.15, 0.2) is 0 Å². The van der Waals surface area contributed by atoms with Crippen LogP contribution in [0.3, 0.4) is 0 Å². The Morgan fingerprint density at radius 1 is 1.33 bits per heavy atom. The van der Waals surface area contributed by atoms with Gasteiger partial charge in [-0.1, -0.05) is 11.6 Å². The molecule has 1 aromatic rings. The molecule has 0 saturated carbocycles. The van der Waals surface area contributed by atoms with Crippen LogP contribution in [0.5, 0.6) is 0 Å². The lowest BCUT2D eigenvalue weighted by molar-refractivity contribution is -0.137. The molecule has 116 valence electrons. The van der Waals surface area contributed by atoms with Gasteiger partial charge in [-0.15, -0.1) is 0 Å². The number of likely N-dealkylation sites (tertiary alicyclic amines) is 1. The first kappa shape index (κ1) is 14.5. The molecular formula is C15H23N3O3. The number of carbonyl (C=O) groups excluding carboxylic acids is 1. The molecular weight excluding hydrogens is 270 g/mol. The lowest BCUT2D eigenvalue weighted by atomic mass is 9.99. The van der Waals surface area contributed by atoms with E-state index in [1.165, 1.54) is 6.42 Å². The second-order valence-electron chi connectivity index (χ2n) is 5.84. The van der Waals surface area contributed by atoms with Crippen LogP contribution in [0.1, 0.15) is 36.8 Å². The van der Waals surface area contributed by atoms with Gasteiger partial charge in [0.1, 0.15) is 11.5 Å². The fourth-order valence-electron chi connectivity index (χ4n) is 3.14. The molecule has 2 aliphatic rings. The molecule has 1 aromatic heterocycles. The van der Waals surface area contributed by atoms with Crippen LogP contribution in [0.25, 0.3) is 0 Å². The van der Waals surface area contributed by atoms with E-state index in [9.17, 15) is 4.79 Å². The maximum Gasteiger partial charge on any atom is 0.236 e. The molecule has 3 heterocycles. The second-order valence-corrected chi connectivity index (χ2v) is 5.84. The first-order valence-electron chi connectivity index (χ1n) is 7.77. The van der Waals surface area contributed by atoms with E-state index in [2.05, 4.69) is 10.1 Å². The van der Waals surface area contributed by atoms with Gasteiger partial charge < -0.3 is 14.2 Å². The van der Waals surface area contributed by atoms with Crippen molar-refractivity contribution in [3.63, 3.8) is 0 Å². The van der Waals surface area contributed by atoms with E-state index in [4.69, 9.17) is 9.26 Å². The van der Waals surface area contributed by atoms with Crippen LogP contribution < -0.4 is 0 Å². The van der Waals surface area contributed by atoms with Crippen molar-refractivity contribution in [1.29, 1.82) is 0 Å². The number of amides is 1. The molecule has 0 unspecified atom stereocenters. The van der Waals surface area contributed by atoms with Crippen LogP contribution >= 0.6 is 0 Å². The Morgan fingerprint density at radius 3 is 2.86 bits per heavy atom. The predicted octanol–water partition coefficient (Wildman–Crippen LogP) is 1.37. The van der Waals surface area contributed by atoms with Crippen LogP contribution in [0.15, 0.2) is 10.6 Å². The fourth-order valence-corrected chi connectivity index (χ4v) is 3.14. The number of hydrogen-bond donors (Lipinski definition) is 0. The quantitative estimate of drug-likeness (QED) is 0.842. The van der Waals surface area contributed by atoms with Gasteiger partial charge in [-0.05, 0) is 26.3 Å². The second kappa shape index (κ2) is 6.58. The molecule has 6 nitrogen and oxygen atoms in total. The van der Waals surface area contributed by atoms with Crippen molar-refractivity contribution >= 4 is 5.91 Å². The Hall–Kier alpha value is -1.40. The van der Waals surface area contributed by atoms with E-state index in [-0.39, 0.29) is 11.9 Å². The van der Waals surface area contributed by atoms with Gasteiger partial charge >= 0.3 is 0 Å². The van der Waals surface area contributed by atoms with E-state index < -0.39 is 0 Å². The number of aromatic nitrogens is 1. The topological polar surface area (TPSA) is 58.8 Å². The number of nitrogens with zero attached hydrogens (tertiary/aromatic N) is 3. The van der Waals surface area contributed by atoms with Crippen molar-refractivity contribution in [2.75, 3.05) is 39.4 Å². The van der Waals surface area contributed by atoms with E-state index in [1.807, 2.05) is 17.9 Å². The first-order chi connectivity index (χ1) is 10.2. The average Bonchev–Trinajstić information content (AvgIpc) is 2.95. The smallest absolute Gasteiger partial charge is 0.236 e.